The van der Waals surface area contributed by atoms with E-state index < -0.39 is 0 Å². The van der Waals surface area contributed by atoms with E-state index in [9.17, 15) is 0 Å². The van der Waals surface area contributed by atoms with Crippen molar-refractivity contribution in [3.63, 3.8) is 0 Å². The zero-order valence-corrected chi connectivity index (χ0v) is 18.8. The van der Waals surface area contributed by atoms with Gasteiger partial charge in [-0.3, -0.25) is 4.99 Å². The molecule has 2 heteroatoms. The molecule has 0 bridgehead atoms. The summed E-state index contributed by atoms with van der Waals surface area (Å²) in [7, 11) is 2.17. The Labute approximate surface area is 189 Å². The Kier molecular flexibility index (Phi) is 4.13. The highest BCUT2D eigenvalue weighted by Gasteiger charge is 2.35. The summed E-state index contributed by atoms with van der Waals surface area (Å²) in [6, 6.07) is 32.9. The number of rotatable bonds is 2. The summed E-state index contributed by atoms with van der Waals surface area (Å²) < 4.78 is 0. The molecular weight excluding hydrogens is 388 g/mol. The first-order valence-electron chi connectivity index (χ1n) is 11.3. The summed E-state index contributed by atoms with van der Waals surface area (Å²) in [4.78, 5) is 7.21. The minimum absolute atomic E-state index is 0.0523. The Morgan fingerprint density at radius 2 is 1.41 bits per heavy atom. The molecule has 2 aliphatic heterocycles. The number of anilines is 2. The van der Waals surface area contributed by atoms with E-state index in [1.165, 1.54) is 44.8 Å². The van der Waals surface area contributed by atoms with Crippen LogP contribution < -0.4 is 4.90 Å². The van der Waals surface area contributed by atoms with Crippen molar-refractivity contribution in [3.8, 4) is 11.1 Å². The second kappa shape index (κ2) is 6.93. The van der Waals surface area contributed by atoms with Gasteiger partial charge in [0.1, 0.15) is 0 Å². The molecule has 0 unspecified atom stereocenters. The fraction of sp³-hybridized carbons (Fsp3) is 0.167. The summed E-state index contributed by atoms with van der Waals surface area (Å²) in [6.07, 6.45) is 0.901. The molecule has 0 aromatic heterocycles. The number of hydrogen-bond acceptors (Lipinski definition) is 2. The highest BCUT2D eigenvalue weighted by atomic mass is 15.1. The zero-order chi connectivity index (χ0) is 21.9. The second-order valence-electron chi connectivity index (χ2n) is 9.38. The molecule has 2 aliphatic rings. The van der Waals surface area contributed by atoms with Crippen molar-refractivity contribution in [2.24, 2.45) is 4.99 Å². The third kappa shape index (κ3) is 2.83. The van der Waals surface area contributed by atoms with Crippen molar-refractivity contribution >= 4 is 22.8 Å². The molecule has 0 aliphatic carbocycles. The van der Waals surface area contributed by atoms with E-state index >= 15 is 0 Å². The van der Waals surface area contributed by atoms with Gasteiger partial charge in [0.25, 0.3) is 0 Å². The molecule has 0 N–H and O–H groups in total. The topological polar surface area (TPSA) is 15.6 Å². The Balaban J connectivity index is 1.41. The average Bonchev–Trinajstić information content (AvgIpc) is 3.27. The van der Waals surface area contributed by atoms with Gasteiger partial charge in [0.05, 0.1) is 11.4 Å². The van der Waals surface area contributed by atoms with Crippen molar-refractivity contribution in [1.29, 1.82) is 0 Å². The van der Waals surface area contributed by atoms with E-state index in [1.807, 2.05) is 0 Å². The van der Waals surface area contributed by atoms with E-state index in [0.29, 0.717) is 0 Å². The Bertz CT molecular complexity index is 1390. The largest absolute Gasteiger partial charge is 0.344 e. The van der Waals surface area contributed by atoms with Crippen LogP contribution in [0.3, 0.4) is 0 Å². The number of benzene rings is 4. The maximum absolute atomic E-state index is 4.89. The van der Waals surface area contributed by atoms with Gasteiger partial charge in [-0.1, -0.05) is 74.5 Å². The molecule has 156 valence electrons. The van der Waals surface area contributed by atoms with E-state index in [1.54, 1.807) is 0 Å². The Morgan fingerprint density at radius 3 is 2.28 bits per heavy atom. The monoisotopic (exact) mass is 414 g/mol. The fourth-order valence-electron chi connectivity index (χ4n) is 5.26. The van der Waals surface area contributed by atoms with Crippen LogP contribution in [-0.2, 0) is 11.8 Å². The average molecular weight is 415 g/mol. The lowest BCUT2D eigenvalue weighted by Crippen LogP contribution is -2.30. The molecule has 0 saturated carbocycles. The van der Waals surface area contributed by atoms with Crippen LogP contribution in [0.25, 0.3) is 11.1 Å². The summed E-state index contributed by atoms with van der Waals surface area (Å²) in [5.74, 6) is 0. The van der Waals surface area contributed by atoms with Crippen LogP contribution >= 0.6 is 0 Å². The van der Waals surface area contributed by atoms with Gasteiger partial charge in [0, 0.05) is 30.3 Å². The standard InChI is InChI=1S/C30H26N2/c1-30(2)24-12-5-7-14-28(24)32(3)29-16-15-21(18-25(29)30)20-10-8-11-22(17-20)27-19-23-9-4-6-13-26(23)31-27/h4-18H,19H2,1-3H3. The van der Waals surface area contributed by atoms with Crippen LogP contribution in [0.4, 0.5) is 17.1 Å². The molecule has 2 heterocycles. The highest BCUT2D eigenvalue weighted by Crippen LogP contribution is 2.49. The molecule has 0 radical (unpaired) electrons. The minimum Gasteiger partial charge on any atom is -0.344 e. The van der Waals surface area contributed by atoms with Gasteiger partial charge >= 0.3 is 0 Å². The summed E-state index contributed by atoms with van der Waals surface area (Å²) in [5, 5.41) is 0. The molecule has 0 atom stereocenters. The van der Waals surface area contributed by atoms with Crippen molar-refractivity contribution in [2.45, 2.75) is 25.7 Å². The minimum atomic E-state index is -0.0523. The van der Waals surface area contributed by atoms with Crippen molar-refractivity contribution in [2.75, 3.05) is 11.9 Å². The molecule has 32 heavy (non-hydrogen) atoms. The van der Waals surface area contributed by atoms with Gasteiger partial charge in [-0.15, -0.1) is 0 Å². The predicted molar refractivity (Wildman–Crippen MR) is 135 cm³/mol. The number of nitrogens with zero attached hydrogens (tertiary/aromatic N) is 2. The molecule has 0 amide bonds. The third-order valence-corrected chi connectivity index (χ3v) is 7.10. The second-order valence-corrected chi connectivity index (χ2v) is 9.38. The summed E-state index contributed by atoms with van der Waals surface area (Å²) >= 11 is 0. The molecule has 4 aromatic rings. The van der Waals surface area contributed by atoms with Gasteiger partial charge in [-0.25, -0.2) is 0 Å². The number of aliphatic imine (C=N–C) groups is 1. The zero-order valence-electron chi connectivity index (χ0n) is 18.8. The smallest absolute Gasteiger partial charge is 0.0669 e. The SMILES string of the molecule is CN1c2ccccc2C(C)(C)c2cc(-c3cccc(C4=Nc5ccccc5C4)c3)ccc21. The van der Waals surface area contributed by atoms with Gasteiger partial charge in [-0.05, 0) is 63.7 Å². The van der Waals surface area contributed by atoms with Crippen LogP contribution in [0.1, 0.15) is 36.1 Å². The molecular formula is C30H26N2. The predicted octanol–water partition coefficient (Wildman–Crippen LogP) is 7.44. The van der Waals surface area contributed by atoms with Gasteiger partial charge in [-0.2, -0.15) is 0 Å². The number of fused-ring (bicyclic) bond motifs is 3. The van der Waals surface area contributed by atoms with Crippen molar-refractivity contribution < 1.29 is 0 Å². The summed E-state index contributed by atoms with van der Waals surface area (Å²) in [6.45, 7) is 4.67. The summed E-state index contributed by atoms with van der Waals surface area (Å²) in [5.41, 5.74) is 12.5. The van der Waals surface area contributed by atoms with Crippen LogP contribution in [0, 0.1) is 0 Å². The molecule has 0 spiro atoms. The first-order chi connectivity index (χ1) is 15.5. The first-order valence-corrected chi connectivity index (χ1v) is 11.3. The van der Waals surface area contributed by atoms with Crippen LogP contribution in [0.2, 0.25) is 0 Å². The lowest BCUT2D eigenvalue weighted by molar-refractivity contribution is 0.630. The molecule has 4 aromatic carbocycles. The van der Waals surface area contributed by atoms with Crippen LogP contribution in [-0.4, -0.2) is 12.8 Å². The van der Waals surface area contributed by atoms with E-state index in [-0.39, 0.29) is 5.41 Å². The van der Waals surface area contributed by atoms with Gasteiger partial charge in [0.2, 0.25) is 0 Å². The number of hydrogen-bond donors (Lipinski definition) is 0. The number of para-hydroxylation sites is 2. The van der Waals surface area contributed by atoms with Crippen LogP contribution in [0.15, 0.2) is 96.0 Å². The Morgan fingerprint density at radius 1 is 0.688 bits per heavy atom. The molecule has 6 rings (SSSR count). The highest BCUT2D eigenvalue weighted by molar-refractivity contribution is 6.07. The maximum Gasteiger partial charge on any atom is 0.0669 e. The first kappa shape index (κ1) is 19.1. The van der Waals surface area contributed by atoms with Gasteiger partial charge in [0.15, 0.2) is 0 Å². The molecule has 0 saturated heterocycles. The van der Waals surface area contributed by atoms with Crippen molar-refractivity contribution in [1.82, 2.24) is 0 Å². The fourth-order valence-corrected chi connectivity index (χ4v) is 5.26. The maximum atomic E-state index is 4.89. The van der Waals surface area contributed by atoms with Crippen LogP contribution in [0.5, 0.6) is 0 Å². The third-order valence-electron chi connectivity index (χ3n) is 7.10. The lowest BCUT2D eigenvalue weighted by Gasteiger charge is -2.40. The van der Waals surface area contributed by atoms with Crippen molar-refractivity contribution in [3.05, 3.63) is 113 Å². The van der Waals surface area contributed by atoms with E-state index in [0.717, 1.165) is 17.8 Å². The van der Waals surface area contributed by atoms with Gasteiger partial charge < -0.3 is 4.90 Å². The van der Waals surface area contributed by atoms with E-state index in [2.05, 4.69) is 117 Å². The normalized spacial score (nSPS) is 15.6. The quantitative estimate of drug-likeness (QED) is 0.333. The lowest BCUT2D eigenvalue weighted by atomic mass is 9.73. The Hall–Kier alpha value is -3.65. The molecule has 0 fully saturated rings. The van der Waals surface area contributed by atoms with E-state index in [4.69, 9.17) is 4.99 Å². The molecule has 2 nitrogen and oxygen atoms in total.